The molecule has 0 aliphatic heterocycles. The van der Waals surface area contributed by atoms with Crippen molar-refractivity contribution in [1.82, 2.24) is 0 Å². The highest BCUT2D eigenvalue weighted by molar-refractivity contribution is 4.86. The minimum atomic E-state index is 0.631. The number of hydrogen-bond donors (Lipinski definition) is 0. The van der Waals surface area contributed by atoms with Crippen LogP contribution in [0.4, 0.5) is 0 Å². The van der Waals surface area contributed by atoms with Crippen molar-refractivity contribution in [2.75, 3.05) is 0 Å². The highest BCUT2D eigenvalue weighted by Crippen LogP contribution is 2.46. The van der Waals surface area contributed by atoms with Gasteiger partial charge < -0.3 is 0 Å². The van der Waals surface area contributed by atoms with Crippen LogP contribution in [-0.2, 0) is 0 Å². The summed E-state index contributed by atoms with van der Waals surface area (Å²) in [5.41, 5.74) is 0.631. The fourth-order valence-electron chi connectivity index (χ4n) is 2.41. The first kappa shape index (κ1) is 10.1. The Kier molecular flexibility index (Phi) is 2.85. The molecule has 0 heterocycles. The maximum Gasteiger partial charge on any atom is -0.0300 e. The Morgan fingerprint density at radius 3 is 2.17 bits per heavy atom. The summed E-state index contributed by atoms with van der Waals surface area (Å²) >= 11 is 0. The molecule has 0 spiro atoms. The second kappa shape index (κ2) is 3.40. The van der Waals surface area contributed by atoms with Crippen molar-refractivity contribution >= 4 is 0 Å². The Morgan fingerprint density at radius 2 is 1.75 bits per heavy atom. The van der Waals surface area contributed by atoms with Gasteiger partial charge in [0.15, 0.2) is 0 Å². The maximum atomic E-state index is 2.47. The van der Waals surface area contributed by atoms with Gasteiger partial charge in [-0.3, -0.25) is 0 Å². The third-order valence-corrected chi connectivity index (χ3v) is 4.32. The summed E-state index contributed by atoms with van der Waals surface area (Å²) in [5, 5.41) is 0. The van der Waals surface area contributed by atoms with Crippen LogP contribution in [0.25, 0.3) is 0 Å². The van der Waals surface area contributed by atoms with Crippen molar-refractivity contribution in [3.63, 3.8) is 0 Å². The topological polar surface area (TPSA) is 0 Å². The molecule has 0 aromatic carbocycles. The third kappa shape index (κ3) is 1.84. The van der Waals surface area contributed by atoms with Crippen LogP contribution < -0.4 is 0 Å². The minimum absolute atomic E-state index is 0.631. The quantitative estimate of drug-likeness (QED) is 0.553. The molecule has 1 aliphatic rings. The lowest BCUT2D eigenvalue weighted by atomic mass is 9.62. The van der Waals surface area contributed by atoms with Crippen LogP contribution in [-0.4, -0.2) is 0 Å². The molecule has 72 valence electrons. The van der Waals surface area contributed by atoms with Gasteiger partial charge in [0.1, 0.15) is 0 Å². The molecule has 0 N–H and O–H groups in total. The average Bonchev–Trinajstić information content (AvgIpc) is 1.97. The standard InChI is InChI=1S/C12H24/c1-9(2)12(5)7-6-10(3)11(4)8-12/h9-11H,6-8H2,1-5H3/t10-,11-,12-/m0/s1. The lowest BCUT2D eigenvalue weighted by Crippen LogP contribution is -2.33. The van der Waals surface area contributed by atoms with Gasteiger partial charge in [0.05, 0.1) is 0 Å². The largest absolute Gasteiger partial charge is 0.0623 e. The fraction of sp³-hybridized carbons (Fsp3) is 1.00. The fourth-order valence-corrected chi connectivity index (χ4v) is 2.41. The van der Waals surface area contributed by atoms with Gasteiger partial charge in [-0.25, -0.2) is 0 Å². The van der Waals surface area contributed by atoms with Crippen LogP contribution >= 0.6 is 0 Å². The van der Waals surface area contributed by atoms with E-state index in [4.69, 9.17) is 0 Å². The monoisotopic (exact) mass is 168 g/mol. The molecule has 0 unspecified atom stereocenters. The molecule has 0 aromatic heterocycles. The van der Waals surface area contributed by atoms with Gasteiger partial charge in [-0.05, 0) is 42.4 Å². The van der Waals surface area contributed by atoms with Gasteiger partial charge in [-0.2, -0.15) is 0 Å². The molecule has 0 bridgehead atoms. The van der Waals surface area contributed by atoms with Crippen LogP contribution in [0.2, 0.25) is 0 Å². The third-order valence-electron chi connectivity index (χ3n) is 4.32. The minimum Gasteiger partial charge on any atom is -0.0623 e. The van der Waals surface area contributed by atoms with E-state index in [1.54, 1.807) is 0 Å². The molecular weight excluding hydrogens is 144 g/mol. The van der Waals surface area contributed by atoms with Crippen molar-refractivity contribution < 1.29 is 0 Å². The zero-order valence-corrected chi connectivity index (χ0v) is 9.35. The maximum absolute atomic E-state index is 2.47. The van der Waals surface area contributed by atoms with Gasteiger partial charge in [-0.15, -0.1) is 0 Å². The van der Waals surface area contributed by atoms with Crippen LogP contribution in [0, 0.1) is 23.2 Å². The van der Waals surface area contributed by atoms with E-state index >= 15 is 0 Å². The molecule has 1 rings (SSSR count). The van der Waals surface area contributed by atoms with Gasteiger partial charge in [0, 0.05) is 0 Å². The molecule has 12 heavy (non-hydrogen) atoms. The summed E-state index contributed by atoms with van der Waals surface area (Å²) in [6, 6.07) is 0. The zero-order chi connectivity index (χ0) is 9.35. The summed E-state index contributed by atoms with van der Waals surface area (Å²) < 4.78 is 0. The van der Waals surface area contributed by atoms with Crippen LogP contribution in [0.5, 0.6) is 0 Å². The molecular formula is C12H24. The van der Waals surface area contributed by atoms with Crippen molar-refractivity contribution in [3.05, 3.63) is 0 Å². The Morgan fingerprint density at radius 1 is 1.17 bits per heavy atom. The predicted molar refractivity (Wildman–Crippen MR) is 55.1 cm³/mol. The summed E-state index contributed by atoms with van der Waals surface area (Å²) in [6.07, 6.45) is 4.32. The highest BCUT2D eigenvalue weighted by atomic mass is 14.4. The van der Waals surface area contributed by atoms with Gasteiger partial charge in [0.25, 0.3) is 0 Å². The van der Waals surface area contributed by atoms with Crippen molar-refractivity contribution in [3.8, 4) is 0 Å². The first-order valence-corrected chi connectivity index (χ1v) is 5.46. The van der Waals surface area contributed by atoms with Crippen LogP contribution in [0.1, 0.15) is 53.9 Å². The Bertz CT molecular complexity index is 148. The molecule has 1 aliphatic carbocycles. The van der Waals surface area contributed by atoms with E-state index in [0.717, 1.165) is 17.8 Å². The number of hydrogen-bond acceptors (Lipinski definition) is 0. The first-order chi connectivity index (χ1) is 5.46. The second-order valence-electron chi connectivity index (χ2n) is 5.51. The highest BCUT2D eigenvalue weighted by Gasteiger charge is 2.35. The molecule has 0 aromatic rings. The van der Waals surface area contributed by atoms with E-state index in [-0.39, 0.29) is 0 Å². The Balaban J connectivity index is 2.60. The number of rotatable bonds is 1. The second-order valence-corrected chi connectivity index (χ2v) is 5.51. The lowest BCUT2D eigenvalue weighted by Gasteiger charge is -2.43. The zero-order valence-electron chi connectivity index (χ0n) is 9.35. The predicted octanol–water partition coefficient (Wildman–Crippen LogP) is 4.10. The van der Waals surface area contributed by atoms with E-state index in [1.807, 2.05) is 0 Å². The van der Waals surface area contributed by atoms with Gasteiger partial charge in [-0.1, -0.05) is 34.6 Å². The summed E-state index contributed by atoms with van der Waals surface area (Å²) in [7, 11) is 0. The molecule has 0 amide bonds. The normalized spacial score (nSPS) is 43.5. The van der Waals surface area contributed by atoms with Crippen molar-refractivity contribution in [2.24, 2.45) is 23.2 Å². The average molecular weight is 168 g/mol. The summed E-state index contributed by atoms with van der Waals surface area (Å²) in [6.45, 7) is 12.1. The van der Waals surface area contributed by atoms with Gasteiger partial charge in [0.2, 0.25) is 0 Å². The van der Waals surface area contributed by atoms with Crippen molar-refractivity contribution in [2.45, 2.75) is 53.9 Å². The molecule has 1 saturated carbocycles. The van der Waals surface area contributed by atoms with E-state index < -0.39 is 0 Å². The Labute approximate surface area is 77.7 Å². The lowest BCUT2D eigenvalue weighted by molar-refractivity contribution is 0.0754. The summed E-state index contributed by atoms with van der Waals surface area (Å²) in [4.78, 5) is 0. The van der Waals surface area contributed by atoms with E-state index in [1.165, 1.54) is 19.3 Å². The van der Waals surface area contributed by atoms with E-state index in [0.29, 0.717) is 5.41 Å². The van der Waals surface area contributed by atoms with E-state index in [2.05, 4.69) is 34.6 Å². The van der Waals surface area contributed by atoms with Crippen LogP contribution in [0.15, 0.2) is 0 Å². The molecule has 3 atom stereocenters. The summed E-state index contributed by atoms with van der Waals surface area (Å²) in [5.74, 6) is 2.75. The van der Waals surface area contributed by atoms with E-state index in [9.17, 15) is 0 Å². The van der Waals surface area contributed by atoms with Crippen molar-refractivity contribution in [1.29, 1.82) is 0 Å². The Hall–Kier alpha value is 0. The molecule has 1 fully saturated rings. The molecule has 0 heteroatoms. The van der Waals surface area contributed by atoms with Gasteiger partial charge >= 0.3 is 0 Å². The first-order valence-electron chi connectivity index (χ1n) is 5.46. The molecule has 0 nitrogen and oxygen atoms in total. The molecule has 0 saturated heterocycles. The van der Waals surface area contributed by atoms with Crippen LogP contribution in [0.3, 0.4) is 0 Å². The SMILES string of the molecule is CC(C)[C@@]1(C)CC[C@H](C)[C@@H](C)C1. The smallest absolute Gasteiger partial charge is 0.0300 e. The molecule has 0 radical (unpaired) electrons.